The van der Waals surface area contributed by atoms with Gasteiger partial charge in [-0.05, 0) is 46.5 Å². The molecule has 5 aromatic heterocycles. The minimum atomic E-state index is 0.726. The lowest BCUT2D eigenvalue weighted by molar-refractivity contribution is 1.09. The Kier molecular flexibility index (Phi) is 5.22. The summed E-state index contributed by atoms with van der Waals surface area (Å²) in [6.45, 7) is 0. The molecular formula is C48H26N4S. The van der Waals surface area contributed by atoms with Gasteiger partial charge >= 0.3 is 0 Å². The number of thiophene rings is 1. The Labute approximate surface area is 305 Å². The molecule has 5 heteroatoms. The summed E-state index contributed by atoms with van der Waals surface area (Å²) >= 11 is 1.78. The molecule has 244 valence electrons. The fourth-order valence-corrected chi connectivity index (χ4v) is 10.3. The van der Waals surface area contributed by atoms with Crippen LogP contribution in [0, 0.1) is 0 Å². The van der Waals surface area contributed by atoms with Gasteiger partial charge in [0, 0.05) is 53.4 Å². The van der Waals surface area contributed by atoms with Gasteiger partial charge in [-0.25, -0.2) is 9.97 Å². The molecular weight excluding hydrogens is 665 g/mol. The Hall–Kier alpha value is -6.82. The van der Waals surface area contributed by atoms with Crippen LogP contribution in [0.2, 0.25) is 0 Å². The van der Waals surface area contributed by atoms with Crippen molar-refractivity contribution in [3.63, 3.8) is 0 Å². The van der Waals surface area contributed by atoms with E-state index in [-0.39, 0.29) is 0 Å². The van der Waals surface area contributed by atoms with E-state index < -0.39 is 0 Å². The highest BCUT2D eigenvalue weighted by Crippen LogP contribution is 2.49. The van der Waals surface area contributed by atoms with Gasteiger partial charge in [-0.1, -0.05) is 127 Å². The number of para-hydroxylation sites is 2. The lowest BCUT2D eigenvalue weighted by Gasteiger charge is -2.13. The largest absolute Gasteiger partial charge is 0.308 e. The Morgan fingerprint density at radius 2 is 1.09 bits per heavy atom. The lowest BCUT2D eigenvalue weighted by atomic mass is 10.0. The summed E-state index contributed by atoms with van der Waals surface area (Å²) in [7, 11) is 0. The number of nitrogens with zero attached hydrogens (tertiary/aromatic N) is 4. The third-order valence-corrected chi connectivity index (χ3v) is 12.6. The van der Waals surface area contributed by atoms with Crippen molar-refractivity contribution in [3.05, 3.63) is 158 Å². The molecule has 0 aliphatic heterocycles. The third-order valence-electron chi connectivity index (χ3n) is 11.4. The number of aromatic nitrogens is 4. The first-order valence-corrected chi connectivity index (χ1v) is 18.8. The molecule has 0 aliphatic rings. The maximum absolute atomic E-state index is 5.65. The zero-order chi connectivity index (χ0) is 34.4. The summed E-state index contributed by atoms with van der Waals surface area (Å²) in [4.78, 5) is 11.0. The number of hydrogen-bond donors (Lipinski definition) is 0. The van der Waals surface area contributed by atoms with Gasteiger partial charge in [0.25, 0.3) is 0 Å². The van der Waals surface area contributed by atoms with Gasteiger partial charge in [-0.3, -0.25) is 4.57 Å². The van der Waals surface area contributed by atoms with Gasteiger partial charge in [0.15, 0.2) is 11.6 Å². The van der Waals surface area contributed by atoms with Crippen molar-refractivity contribution < 1.29 is 0 Å². The standard InChI is InChI=1S/C48H26N4S/c1-2-13-29-25-30(22-21-27(29)11-1)47-49-42-35-17-7-10-20-40(35)53-46(42)48(50-47)52-43-31-14-4-3-12-28(31)23-24-33(43)37-26-36-32-15-5-8-18-38(32)51-39-19-9-6-16-34(39)41(44(36)51)45(37)52/h1-26H. The third kappa shape index (κ3) is 3.54. The van der Waals surface area contributed by atoms with E-state index in [1.165, 1.54) is 86.1 Å². The predicted octanol–water partition coefficient (Wildman–Crippen LogP) is 13.1. The zero-order valence-corrected chi connectivity index (χ0v) is 29.0. The predicted molar refractivity (Wildman–Crippen MR) is 224 cm³/mol. The topological polar surface area (TPSA) is 35.1 Å². The quantitative estimate of drug-likeness (QED) is 0.181. The van der Waals surface area contributed by atoms with E-state index in [0.717, 1.165) is 32.8 Å². The van der Waals surface area contributed by atoms with Crippen molar-refractivity contribution in [2.75, 3.05) is 0 Å². The highest BCUT2D eigenvalue weighted by molar-refractivity contribution is 7.26. The average molecular weight is 691 g/mol. The van der Waals surface area contributed by atoms with E-state index >= 15 is 0 Å². The van der Waals surface area contributed by atoms with Crippen LogP contribution in [0.1, 0.15) is 0 Å². The average Bonchev–Trinajstić information content (AvgIpc) is 3.96. The molecule has 4 nitrogen and oxygen atoms in total. The second-order valence-electron chi connectivity index (χ2n) is 14.1. The van der Waals surface area contributed by atoms with Gasteiger partial charge in [-0.15, -0.1) is 11.3 Å². The first-order chi connectivity index (χ1) is 26.3. The highest BCUT2D eigenvalue weighted by atomic mass is 32.1. The number of rotatable bonds is 2. The van der Waals surface area contributed by atoms with Crippen LogP contribution in [-0.2, 0) is 0 Å². The molecule has 0 saturated heterocycles. The van der Waals surface area contributed by atoms with E-state index in [9.17, 15) is 0 Å². The van der Waals surface area contributed by atoms with Crippen LogP contribution in [0.5, 0.6) is 0 Å². The first-order valence-electron chi connectivity index (χ1n) is 18.0. The van der Waals surface area contributed by atoms with E-state index in [1.54, 1.807) is 11.3 Å². The summed E-state index contributed by atoms with van der Waals surface area (Å²) in [6.07, 6.45) is 0. The van der Waals surface area contributed by atoms with Crippen molar-refractivity contribution in [2.24, 2.45) is 0 Å². The van der Waals surface area contributed by atoms with Crippen molar-refractivity contribution >= 4 is 113 Å². The normalized spacial score (nSPS) is 12.5. The molecule has 5 heterocycles. The monoisotopic (exact) mass is 690 g/mol. The van der Waals surface area contributed by atoms with Crippen molar-refractivity contribution in [1.29, 1.82) is 0 Å². The molecule has 13 aromatic rings. The highest BCUT2D eigenvalue weighted by Gasteiger charge is 2.27. The van der Waals surface area contributed by atoms with Crippen LogP contribution >= 0.6 is 11.3 Å². The maximum Gasteiger partial charge on any atom is 0.162 e. The summed E-state index contributed by atoms with van der Waals surface area (Å²) in [5, 5.41) is 13.4. The zero-order valence-electron chi connectivity index (χ0n) is 28.2. The van der Waals surface area contributed by atoms with Crippen molar-refractivity contribution in [1.82, 2.24) is 18.9 Å². The van der Waals surface area contributed by atoms with Gasteiger partial charge in [0.1, 0.15) is 0 Å². The summed E-state index contributed by atoms with van der Waals surface area (Å²) in [5.74, 6) is 1.64. The van der Waals surface area contributed by atoms with Crippen LogP contribution < -0.4 is 0 Å². The molecule has 0 bridgehead atoms. The van der Waals surface area contributed by atoms with Crippen LogP contribution in [0.4, 0.5) is 0 Å². The molecule has 0 aliphatic carbocycles. The molecule has 0 spiro atoms. The molecule has 0 unspecified atom stereocenters. The van der Waals surface area contributed by atoms with Crippen LogP contribution in [0.15, 0.2) is 158 Å². The molecule has 0 fully saturated rings. The molecule has 13 rings (SSSR count). The Morgan fingerprint density at radius 1 is 0.434 bits per heavy atom. The van der Waals surface area contributed by atoms with Crippen LogP contribution in [-0.4, -0.2) is 18.9 Å². The van der Waals surface area contributed by atoms with Crippen molar-refractivity contribution in [3.8, 4) is 17.2 Å². The molecule has 8 aromatic carbocycles. The molecule has 0 N–H and O–H groups in total. The Balaban J connectivity index is 1.30. The Bertz CT molecular complexity index is 3700. The second-order valence-corrected chi connectivity index (χ2v) is 15.2. The SMILES string of the molecule is c1ccc2cc(-c3nc(-n4c5c6ccccc6ccc5c5cc6c7ccccc7n7c8ccccc8c(c54)c67)c4sc5ccccc5c4n3)ccc2c1. The van der Waals surface area contributed by atoms with Gasteiger partial charge in [0.2, 0.25) is 0 Å². The van der Waals surface area contributed by atoms with Crippen molar-refractivity contribution in [2.45, 2.75) is 0 Å². The van der Waals surface area contributed by atoms with E-state index in [0.29, 0.717) is 0 Å². The number of hydrogen-bond acceptors (Lipinski definition) is 3. The van der Waals surface area contributed by atoms with Gasteiger partial charge in [0.05, 0.1) is 37.8 Å². The molecule has 0 atom stereocenters. The summed E-state index contributed by atoms with van der Waals surface area (Å²) < 4.78 is 7.26. The fourth-order valence-electron chi connectivity index (χ4n) is 9.16. The van der Waals surface area contributed by atoms with Crippen LogP contribution in [0.25, 0.3) is 119 Å². The summed E-state index contributed by atoms with van der Waals surface area (Å²) in [6, 6.07) is 57.3. The molecule has 0 amide bonds. The van der Waals surface area contributed by atoms with E-state index in [2.05, 4.69) is 167 Å². The maximum atomic E-state index is 5.65. The minimum absolute atomic E-state index is 0.726. The minimum Gasteiger partial charge on any atom is -0.308 e. The first kappa shape index (κ1) is 27.8. The number of fused-ring (bicyclic) bond motifs is 16. The molecule has 53 heavy (non-hydrogen) atoms. The number of benzene rings is 8. The lowest BCUT2D eigenvalue weighted by Crippen LogP contribution is -2.02. The molecule has 0 saturated carbocycles. The van der Waals surface area contributed by atoms with E-state index in [1.807, 2.05) is 0 Å². The van der Waals surface area contributed by atoms with Crippen LogP contribution in [0.3, 0.4) is 0 Å². The second kappa shape index (κ2) is 9.94. The summed E-state index contributed by atoms with van der Waals surface area (Å²) in [5.41, 5.74) is 8.05. The van der Waals surface area contributed by atoms with E-state index in [4.69, 9.17) is 9.97 Å². The van der Waals surface area contributed by atoms with Gasteiger partial charge in [-0.2, -0.15) is 0 Å². The van der Waals surface area contributed by atoms with Gasteiger partial charge < -0.3 is 4.40 Å². The molecule has 0 radical (unpaired) electrons. The Morgan fingerprint density at radius 3 is 1.96 bits per heavy atom. The fraction of sp³-hybridized carbons (Fsp3) is 0. The smallest absolute Gasteiger partial charge is 0.162 e.